The van der Waals surface area contributed by atoms with E-state index in [2.05, 4.69) is 5.73 Å². The summed E-state index contributed by atoms with van der Waals surface area (Å²) in [6.45, 7) is 0.919. The first kappa shape index (κ1) is 29.0. The molecule has 0 fully saturated rings. The Hall–Kier alpha value is -4.27. The van der Waals surface area contributed by atoms with Crippen molar-refractivity contribution < 1.29 is 42.0 Å². The van der Waals surface area contributed by atoms with Crippen LogP contribution in [-0.2, 0) is 13.2 Å². The molecule has 0 aromatic heterocycles. The highest BCUT2D eigenvalue weighted by molar-refractivity contribution is 5.49. The second kappa shape index (κ2) is 15.0. The Bertz CT molecular complexity index is 1260. The number of hydrogen-bond donors (Lipinski definition) is 1. The molecule has 0 amide bonds. The van der Waals surface area contributed by atoms with Crippen LogP contribution in [0, 0.1) is 10.1 Å². The lowest BCUT2D eigenvalue weighted by molar-refractivity contribution is -0.385. The molecule has 9 heteroatoms. The average molecular weight is 525 g/mol. The van der Waals surface area contributed by atoms with Gasteiger partial charge in [0.1, 0.15) is 18.9 Å². The van der Waals surface area contributed by atoms with Gasteiger partial charge >= 0.3 is 0 Å². The summed E-state index contributed by atoms with van der Waals surface area (Å²) in [5.74, 6) is 2.29. The zero-order valence-electron chi connectivity index (χ0n) is 20.6. The first-order chi connectivity index (χ1) is 17.5. The minimum atomic E-state index is -0.469. The third-order valence-electron chi connectivity index (χ3n) is 5.06. The molecule has 0 aliphatic rings. The molecule has 0 unspecified atom stereocenters. The van der Waals surface area contributed by atoms with Crippen molar-refractivity contribution >= 4 is 11.4 Å². The maximum atomic E-state index is 10.7. The van der Waals surface area contributed by atoms with E-state index in [0.717, 1.165) is 22.6 Å². The van der Waals surface area contributed by atoms with Gasteiger partial charge in [-0.2, -0.15) is 0 Å². The summed E-state index contributed by atoms with van der Waals surface area (Å²) in [4.78, 5) is 10.2. The van der Waals surface area contributed by atoms with Crippen molar-refractivity contribution in [2.75, 3.05) is 14.2 Å². The number of ether oxygens (including phenoxy) is 4. The average Bonchev–Trinajstić information content (AvgIpc) is 2.92. The van der Waals surface area contributed by atoms with Gasteiger partial charge in [-0.1, -0.05) is 60.7 Å². The van der Waals surface area contributed by atoms with Crippen molar-refractivity contribution in [1.29, 1.82) is 0 Å². The van der Waals surface area contributed by atoms with Crippen LogP contribution in [-0.4, -0.2) is 19.1 Å². The van der Waals surface area contributed by atoms with E-state index in [1.807, 2.05) is 78.9 Å². The molecule has 0 saturated heterocycles. The smallest absolute Gasteiger partial charge is 0.273 e. The first-order valence-electron chi connectivity index (χ1n) is 11.2. The molecule has 3 N–H and O–H groups in total. The van der Waals surface area contributed by atoms with E-state index in [4.69, 9.17) is 18.9 Å². The maximum Gasteiger partial charge on any atom is 0.273 e. The molecule has 0 aliphatic carbocycles. The lowest BCUT2D eigenvalue weighted by Gasteiger charge is -2.10. The predicted octanol–water partition coefficient (Wildman–Crippen LogP) is 2.33. The van der Waals surface area contributed by atoms with Crippen LogP contribution in [0.5, 0.6) is 23.0 Å². The van der Waals surface area contributed by atoms with Crippen LogP contribution in [0.15, 0.2) is 97.1 Å². The van der Waals surface area contributed by atoms with E-state index < -0.39 is 4.92 Å². The number of hydrogen-bond acceptors (Lipinski definition) is 6. The highest BCUT2D eigenvalue weighted by Crippen LogP contribution is 2.32. The van der Waals surface area contributed by atoms with Crippen molar-refractivity contribution in [2.45, 2.75) is 13.2 Å². The number of nitrogens with zero attached hydrogens (tertiary/aromatic N) is 1. The highest BCUT2D eigenvalue weighted by Gasteiger charge is 2.12. The SMILES string of the molecule is COc1cc([N+](=O)[O-])ccc1OCc1ccccc1.COc1cc([NH3+])ccc1OCc1ccccc1.[Cl-]. The molecule has 0 saturated carbocycles. The van der Waals surface area contributed by atoms with Crippen molar-refractivity contribution in [1.82, 2.24) is 0 Å². The fraction of sp³-hybridized carbons (Fsp3) is 0.143. The number of rotatable bonds is 9. The maximum absolute atomic E-state index is 10.7. The van der Waals surface area contributed by atoms with Crippen LogP contribution in [0.25, 0.3) is 0 Å². The summed E-state index contributed by atoms with van der Waals surface area (Å²) in [5.41, 5.74) is 6.89. The second-order valence-electron chi connectivity index (χ2n) is 7.63. The lowest BCUT2D eigenvalue weighted by atomic mass is 10.2. The Balaban J connectivity index is 0.000000255. The fourth-order valence-corrected chi connectivity index (χ4v) is 3.19. The quantitative estimate of drug-likeness (QED) is 0.266. The monoisotopic (exact) mass is 524 g/mol. The molecule has 8 nitrogen and oxygen atoms in total. The van der Waals surface area contributed by atoms with Crippen LogP contribution < -0.4 is 37.1 Å². The predicted molar refractivity (Wildman–Crippen MR) is 137 cm³/mol. The summed E-state index contributed by atoms with van der Waals surface area (Å²) < 4.78 is 21.7. The van der Waals surface area contributed by atoms with Crippen LogP contribution in [0.4, 0.5) is 11.4 Å². The zero-order valence-corrected chi connectivity index (χ0v) is 21.4. The minimum absolute atomic E-state index is 0. The molecule has 37 heavy (non-hydrogen) atoms. The topological polar surface area (TPSA) is 108 Å². The van der Waals surface area contributed by atoms with Crippen LogP contribution in [0.3, 0.4) is 0 Å². The van der Waals surface area contributed by atoms with Gasteiger partial charge in [-0.15, -0.1) is 0 Å². The summed E-state index contributed by atoms with van der Waals surface area (Å²) in [5, 5.41) is 10.7. The van der Waals surface area contributed by atoms with Crippen LogP contribution >= 0.6 is 0 Å². The van der Waals surface area contributed by atoms with Gasteiger partial charge in [-0.3, -0.25) is 10.1 Å². The third kappa shape index (κ3) is 9.03. The summed E-state index contributed by atoms with van der Waals surface area (Å²) in [6.07, 6.45) is 0. The molecule has 0 heterocycles. The molecule has 194 valence electrons. The van der Waals surface area contributed by atoms with Gasteiger partial charge in [0.15, 0.2) is 23.0 Å². The van der Waals surface area contributed by atoms with Crippen molar-refractivity contribution in [3.63, 3.8) is 0 Å². The number of benzene rings is 4. The molecular weight excluding hydrogens is 496 g/mol. The molecule has 0 radical (unpaired) electrons. The van der Waals surface area contributed by atoms with E-state index >= 15 is 0 Å². The molecule has 4 aromatic rings. The molecular formula is C28H29ClN2O6. The highest BCUT2D eigenvalue weighted by atomic mass is 35.5. The van der Waals surface area contributed by atoms with Gasteiger partial charge in [0, 0.05) is 18.2 Å². The van der Waals surface area contributed by atoms with Gasteiger partial charge in [-0.05, 0) is 23.3 Å². The standard InChI is InChI=1S/C14H13NO4.C14H15NO2.ClH/c1-18-14-9-12(15(16)17)7-8-13(14)19-10-11-5-3-2-4-6-11;1-16-14-9-12(15)7-8-13(14)17-10-11-5-3-2-4-6-11;/h2-9H,10H2,1H3;2-9H,10,15H2,1H3;1H. The Kier molecular flexibility index (Phi) is 11.7. The Morgan fingerprint density at radius 2 is 1.14 bits per heavy atom. The number of methoxy groups -OCH3 is 2. The third-order valence-corrected chi connectivity index (χ3v) is 5.06. The van der Waals surface area contributed by atoms with Crippen molar-refractivity contribution in [3.8, 4) is 23.0 Å². The normalized spacial score (nSPS) is 9.70. The fourth-order valence-electron chi connectivity index (χ4n) is 3.19. The Morgan fingerprint density at radius 3 is 1.59 bits per heavy atom. The molecule has 4 rings (SSSR count). The molecule has 4 aromatic carbocycles. The summed E-state index contributed by atoms with van der Waals surface area (Å²) in [7, 11) is 3.08. The number of quaternary nitrogens is 1. The van der Waals surface area contributed by atoms with E-state index in [9.17, 15) is 10.1 Å². The molecule has 0 spiro atoms. The van der Waals surface area contributed by atoms with Gasteiger partial charge in [0.2, 0.25) is 0 Å². The number of nitro benzene ring substituents is 1. The van der Waals surface area contributed by atoms with Gasteiger partial charge < -0.3 is 37.1 Å². The van der Waals surface area contributed by atoms with E-state index in [-0.39, 0.29) is 18.1 Å². The molecule has 0 atom stereocenters. The van der Waals surface area contributed by atoms with Gasteiger partial charge in [0.05, 0.1) is 25.2 Å². The van der Waals surface area contributed by atoms with Crippen LogP contribution in [0.1, 0.15) is 11.1 Å². The minimum Gasteiger partial charge on any atom is -1.00 e. The number of halogens is 1. The van der Waals surface area contributed by atoms with E-state index in [1.165, 1.54) is 19.2 Å². The molecule has 0 bridgehead atoms. The van der Waals surface area contributed by atoms with Crippen LogP contribution in [0.2, 0.25) is 0 Å². The lowest BCUT2D eigenvalue weighted by Crippen LogP contribution is -3.00. The second-order valence-corrected chi connectivity index (χ2v) is 7.63. The molecule has 0 aliphatic heterocycles. The summed E-state index contributed by atoms with van der Waals surface area (Å²) >= 11 is 0. The number of nitro groups is 1. The van der Waals surface area contributed by atoms with E-state index in [0.29, 0.717) is 30.5 Å². The first-order valence-corrected chi connectivity index (χ1v) is 11.2. The Morgan fingerprint density at radius 1 is 0.676 bits per heavy atom. The van der Waals surface area contributed by atoms with E-state index in [1.54, 1.807) is 13.2 Å². The summed E-state index contributed by atoms with van der Waals surface area (Å²) in [6, 6.07) is 29.6. The van der Waals surface area contributed by atoms with Gasteiger partial charge in [0.25, 0.3) is 5.69 Å². The largest absolute Gasteiger partial charge is 1.00 e. The van der Waals surface area contributed by atoms with Gasteiger partial charge in [-0.25, -0.2) is 0 Å². The van der Waals surface area contributed by atoms with Crippen molar-refractivity contribution in [3.05, 3.63) is 118 Å². The van der Waals surface area contributed by atoms with Crippen molar-refractivity contribution in [2.24, 2.45) is 0 Å². The Labute approximate surface area is 222 Å². The zero-order chi connectivity index (χ0) is 25.8. The number of non-ortho nitro benzene ring substituents is 1.